The number of fused-ring (bicyclic) bond motifs is 1. The molecular weight excluding hydrogens is 310 g/mol. The van der Waals surface area contributed by atoms with E-state index in [-0.39, 0.29) is 0 Å². The molecule has 3 heterocycles. The second-order valence-corrected chi connectivity index (χ2v) is 6.75. The van der Waals surface area contributed by atoms with Gasteiger partial charge in [-0.15, -0.1) is 0 Å². The van der Waals surface area contributed by atoms with Gasteiger partial charge in [-0.25, -0.2) is 4.68 Å². The van der Waals surface area contributed by atoms with Crippen molar-refractivity contribution >= 4 is 22.6 Å². The molecule has 0 bridgehead atoms. The van der Waals surface area contributed by atoms with E-state index in [9.17, 15) is 0 Å². The molecule has 1 fully saturated rings. The highest BCUT2D eigenvalue weighted by molar-refractivity contribution is 6.30. The number of aromatic nitrogens is 2. The lowest BCUT2D eigenvalue weighted by molar-refractivity contribution is 0.266. The first-order chi connectivity index (χ1) is 11.2. The van der Waals surface area contributed by atoms with E-state index in [1.54, 1.807) is 17.1 Å². The van der Waals surface area contributed by atoms with Crippen LogP contribution in [-0.2, 0) is 6.42 Å². The van der Waals surface area contributed by atoms with Gasteiger partial charge in [0.25, 0.3) is 0 Å². The largest absolute Gasteiger partial charge is 0.461 e. The summed E-state index contributed by atoms with van der Waals surface area (Å²) in [5.74, 6) is 1.05. The summed E-state index contributed by atoms with van der Waals surface area (Å²) >= 11 is 5.94. The predicted octanol–water partition coefficient (Wildman–Crippen LogP) is 4.30. The Bertz CT molecular complexity index is 823. The molecule has 1 aromatic carbocycles. The molecular formula is C18H20ClN3O. The summed E-state index contributed by atoms with van der Waals surface area (Å²) in [6, 6.07) is 8.94. The Morgan fingerprint density at radius 1 is 1.35 bits per heavy atom. The minimum Gasteiger partial charge on any atom is -0.461 e. The number of likely N-dealkylation sites (tertiary alicyclic amines) is 1. The number of benzene rings is 1. The maximum absolute atomic E-state index is 5.98. The first-order valence-corrected chi connectivity index (χ1v) is 8.54. The molecule has 1 atom stereocenters. The van der Waals surface area contributed by atoms with E-state index in [0.717, 1.165) is 35.4 Å². The minimum absolute atomic E-state index is 0.637. The smallest absolute Gasteiger partial charge is 0.134 e. The summed E-state index contributed by atoms with van der Waals surface area (Å²) in [4.78, 5) is 2.55. The normalized spacial score (nSPS) is 19.0. The quantitative estimate of drug-likeness (QED) is 0.715. The average molecular weight is 330 g/mol. The van der Waals surface area contributed by atoms with Crippen molar-refractivity contribution in [3.05, 3.63) is 47.4 Å². The molecule has 4 rings (SSSR count). The topological polar surface area (TPSA) is 34.2 Å². The lowest BCUT2D eigenvalue weighted by Gasteiger charge is -2.19. The fraction of sp³-hybridized carbons (Fsp3) is 0.389. The molecule has 120 valence electrons. The Morgan fingerprint density at radius 3 is 3.00 bits per heavy atom. The van der Waals surface area contributed by atoms with Gasteiger partial charge in [0.1, 0.15) is 11.3 Å². The van der Waals surface area contributed by atoms with Crippen molar-refractivity contribution < 1.29 is 4.42 Å². The summed E-state index contributed by atoms with van der Waals surface area (Å²) < 4.78 is 7.75. The van der Waals surface area contributed by atoms with Crippen molar-refractivity contribution in [1.82, 2.24) is 14.7 Å². The number of halogens is 1. The second-order valence-electron chi connectivity index (χ2n) is 6.32. The SMILES string of the molecule is C[C@@H]1CCCN1CCc1cc2cc(-n3cc(Cl)cn3)ccc2o1. The predicted molar refractivity (Wildman–Crippen MR) is 92.3 cm³/mol. The van der Waals surface area contributed by atoms with Crippen molar-refractivity contribution in [1.29, 1.82) is 0 Å². The molecule has 5 heteroatoms. The Morgan fingerprint density at radius 2 is 2.26 bits per heavy atom. The zero-order chi connectivity index (χ0) is 15.8. The molecule has 0 spiro atoms. The molecule has 0 radical (unpaired) electrons. The number of rotatable bonds is 4. The molecule has 0 N–H and O–H groups in total. The maximum Gasteiger partial charge on any atom is 0.134 e. The van der Waals surface area contributed by atoms with Gasteiger partial charge in [0, 0.05) is 30.6 Å². The van der Waals surface area contributed by atoms with Gasteiger partial charge in [0.15, 0.2) is 0 Å². The van der Waals surface area contributed by atoms with Crippen LogP contribution in [0.1, 0.15) is 25.5 Å². The Labute approximate surface area is 140 Å². The van der Waals surface area contributed by atoms with Gasteiger partial charge in [-0.2, -0.15) is 5.10 Å². The van der Waals surface area contributed by atoms with E-state index in [4.69, 9.17) is 16.0 Å². The van der Waals surface area contributed by atoms with Crippen LogP contribution in [0.3, 0.4) is 0 Å². The summed E-state index contributed by atoms with van der Waals surface area (Å²) in [5.41, 5.74) is 1.92. The van der Waals surface area contributed by atoms with E-state index >= 15 is 0 Å². The molecule has 1 saturated heterocycles. The van der Waals surface area contributed by atoms with Crippen LogP contribution in [0.25, 0.3) is 16.7 Å². The van der Waals surface area contributed by atoms with Crippen LogP contribution in [0.15, 0.2) is 41.1 Å². The van der Waals surface area contributed by atoms with Crippen LogP contribution in [0.4, 0.5) is 0 Å². The summed E-state index contributed by atoms with van der Waals surface area (Å²) in [5, 5.41) is 5.99. The second kappa shape index (κ2) is 6.02. The number of furan rings is 1. The van der Waals surface area contributed by atoms with Crippen molar-refractivity contribution in [2.24, 2.45) is 0 Å². The molecule has 23 heavy (non-hydrogen) atoms. The summed E-state index contributed by atoms with van der Waals surface area (Å²) in [6.45, 7) is 4.60. The third kappa shape index (κ3) is 3.01. The van der Waals surface area contributed by atoms with Crippen LogP contribution in [0, 0.1) is 0 Å². The highest BCUT2D eigenvalue weighted by atomic mass is 35.5. The first kappa shape index (κ1) is 14.8. The van der Waals surface area contributed by atoms with E-state index in [1.807, 2.05) is 12.1 Å². The minimum atomic E-state index is 0.637. The molecule has 2 aromatic heterocycles. The third-order valence-electron chi connectivity index (χ3n) is 4.70. The molecule has 0 saturated carbocycles. The molecule has 3 aromatic rings. The average Bonchev–Trinajstić information content (AvgIpc) is 3.24. The third-order valence-corrected chi connectivity index (χ3v) is 4.90. The highest BCUT2D eigenvalue weighted by Crippen LogP contribution is 2.24. The lowest BCUT2D eigenvalue weighted by atomic mass is 10.2. The highest BCUT2D eigenvalue weighted by Gasteiger charge is 2.20. The van der Waals surface area contributed by atoms with Gasteiger partial charge >= 0.3 is 0 Å². The van der Waals surface area contributed by atoms with Gasteiger partial charge in [0.05, 0.1) is 16.9 Å². The van der Waals surface area contributed by atoms with Crippen LogP contribution in [0.2, 0.25) is 5.02 Å². The maximum atomic E-state index is 5.98. The molecule has 0 unspecified atom stereocenters. The first-order valence-electron chi connectivity index (χ1n) is 8.16. The molecule has 1 aliphatic heterocycles. The molecule has 4 nitrogen and oxygen atoms in total. The van der Waals surface area contributed by atoms with Gasteiger partial charge < -0.3 is 9.32 Å². The van der Waals surface area contributed by atoms with Crippen molar-refractivity contribution in [2.75, 3.05) is 13.1 Å². The van der Waals surface area contributed by atoms with E-state index < -0.39 is 0 Å². The van der Waals surface area contributed by atoms with Gasteiger partial charge in [-0.1, -0.05) is 11.6 Å². The van der Waals surface area contributed by atoms with E-state index in [0.29, 0.717) is 11.1 Å². The van der Waals surface area contributed by atoms with Gasteiger partial charge in [-0.3, -0.25) is 0 Å². The van der Waals surface area contributed by atoms with Crippen LogP contribution in [-0.4, -0.2) is 33.8 Å². The lowest BCUT2D eigenvalue weighted by Crippen LogP contribution is -2.28. The van der Waals surface area contributed by atoms with E-state index in [1.165, 1.54) is 19.4 Å². The molecule has 1 aliphatic rings. The fourth-order valence-corrected chi connectivity index (χ4v) is 3.51. The van der Waals surface area contributed by atoms with Crippen LogP contribution < -0.4 is 0 Å². The number of nitrogens with zero attached hydrogens (tertiary/aromatic N) is 3. The van der Waals surface area contributed by atoms with Crippen molar-refractivity contribution in [2.45, 2.75) is 32.2 Å². The summed E-state index contributed by atoms with van der Waals surface area (Å²) in [6.07, 6.45) is 7.04. The van der Waals surface area contributed by atoms with Gasteiger partial charge in [-0.05, 0) is 50.6 Å². The number of hydrogen-bond acceptors (Lipinski definition) is 3. The summed E-state index contributed by atoms with van der Waals surface area (Å²) in [7, 11) is 0. The standard InChI is InChI=1S/C18H20ClN3O/c1-13-3-2-7-21(13)8-6-17-10-14-9-16(4-5-18(14)23-17)22-12-15(19)11-20-22/h4-5,9-13H,2-3,6-8H2,1H3/t13-/m1/s1. The molecule has 0 aliphatic carbocycles. The van der Waals surface area contributed by atoms with E-state index in [2.05, 4.69) is 29.1 Å². The fourth-order valence-electron chi connectivity index (χ4n) is 3.37. The zero-order valence-electron chi connectivity index (χ0n) is 13.2. The molecule has 0 amide bonds. The van der Waals surface area contributed by atoms with Crippen LogP contribution in [0.5, 0.6) is 0 Å². The van der Waals surface area contributed by atoms with Crippen LogP contribution >= 0.6 is 11.6 Å². The monoisotopic (exact) mass is 329 g/mol. The van der Waals surface area contributed by atoms with Crippen molar-refractivity contribution in [3.63, 3.8) is 0 Å². The number of hydrogen-bond donors (Lipinski definition) is 0. The van der Waals surface area contributed by atoms with Gasteiger partial charge in [0.2, 0.25) is 0 Å². The Balaban J connectivity index is 1.53. The zero-order valence-corrected chi connectivity index (χ0v) is 14.0. The Kier molecular flexibility index (Phi) is 3.87. The van der Waals surface area contributed by atoms with Crippen molar-refractivity contribution in [3.8, 4) is 5.69 Å². The Hall–Kier alpha value is -1.78.